The minimum absolute atomic E-state index is 0.0142. The fourth-order valence-electron chi connectivity index (χ4n) is 8.53. The van der Waals surface area contributed by atoms with Gasteiger partial charge >= 0.3 is 0 Å². The first-order valence-electron chi connectivity index (χ1n) is 16.9. The Bertz CT molecular complexity index is 4360. The van der Waals surface area contributed by atoms with E-state index in [2.05, 4.69) is 0 Å². The maximum atomic E-state index is 12.9. The van der Waals surface area contributed by atoms with Crippen molar-refractivity contribution in [3.05, 3.63) is 82.8 Å². The standard InChI is InChI=1S/C38H16Cl2N2O14S4/c39-28-33-35(29(40)32-34(28)55-20-10-15-5-4-13-2-1-3-14-6-7-17(30(20)41-32)24(15)23(13)14)56-21-11-16-12-22(57(43,44)45)27-26-19(9-8-18(25(16)26)31(21)42-33)36(58(46,47)48)38(60(52,53)54)37(27)59(49,50)51/h1-12H,(H,43,44,45)(H,46,47,48)(H,49,50,51)(H,52,53,54). The van der Waals surface area contributed by atoms with Crippen molar-refractivity contribution in [1.29, 1.82) is 0 Å². The van der Waals surface area contributed by atoms with Crippen molar-refractivity contribution in [2.75, 3.05) is 0 Å². The molecule has 60 heavy (non-hydrogen) atoms. The van der Waals surface area contributed by atoms with Crippen molar-refractivity contribution >= 4 is 173 Å². The fourth-order valence-corrected chi connectivity index (χ4v) is 13.4. The van der Waals surface area contributed by atoms with Crippen LogP contribution in [0.25, 0.3) is 109 Å². The minimum atomic E-state index is -6.03. The smallest absolute Gasteiger partial charge is 0.297 e. The van der Waals surface area contributed by atoms with Crippen LogP contribution in [0.15, 0.2) is 101 Å². The van der Waals surface area contributed by atoms with Gasteiger partial charge in [0.15, 0.2) is 22.3 Å². The number of nitrogens with zero attached hydrogens (tertiary/aromatic N) is 2. The molecule has 22 heteroatoms. The van der Waals surface area contributed by atoms with Gasteiger partial charge in [0, 0.05) is 26.9 Å². The molecule has 0 aliphatic carbocycles. The van der Waals surface area contributed by atoms with Crippen LogP contribution in [0.5, 0.6) is 0 Å². The zero-order chi connectivity index (χ0) is 42.3. The molecule has 0 fully saturated rings. The Labute approximate surface area is 343 Å². The molecule has 0 atom stereocenters. The molecule has 0 spiro atoms. The minimum Gasteiger partial charge on any atom is -0.451 e. The number of aromatic nitrogens is 2. The fraction of sp³-hybridized carbons (Fsp3) is 0. The van der Waals surface area contributed by atoms with Crippen LogP contribution in [-0.4, -0.2) is 61.9 Å². The molecule has 0 amide bonds. The second-order valence-electron chi connectivity index (χ2n) is 14.0. The van der Waals surface area contributed by atoms with Crippen molar-refractivity contribution in [2.24, 2.45) is 0 Å². The normalized spacial score (nSPS) is 13.7. The molecule has 0 unspecified atom stereocenters. The third-order valence-corrected chi connectivity index (χ3v) is 15.3. The number of fused-ring (bicyclic) bond motifs is 6. The Hall–Kier alpha value is -5.52. The van der Waals surface area contributed by atoms with Gasteiger partial charge in [-0.2, -0.15) is 33.7 Å². The molecule has 2 heterocycles. The van der Waals surface area contributed by atoms with Gasteiger partial charge in [0.1, 0.15) is 51.7 Å². The highest BCUT2D eigenvalue weighted by atomic mass is 35.5. The molecule has 0 radical (unpaired) electrons. The van der Waals surface area contributed by atoms with Crippen molar-refractivity contribution in [3.63, 3.8) is 0 Å². The molecule has 300 valence electrons. The van der Waals surface area contributed by atoms with Crippen LogP contribution in [0.1, 0.15) is 0 Å². The average Bonchev–Trinajstić information content (AvgIpc) is 3.17. The van der Waals surface area contributed by atoms with Crippen LogP contribution in [0.4, 0.5) is 0 Å². The first kappa shape index (κ1) is 37.5. The molecule has 11 aromatic rings. The molecule has 0 aliphatic heterocycles. The molecular formula is C38H16Cl2N2O14S4. The predicted molar refractivity (Wildman–Crippen MR) is 222 cm³/mol. The zero-order valence-electron chi connectivity index (χ0n) is 29.1. The van der Waals surface area contributed by atoms with Crippen LogP contribution in [0.2, 0.25) is 10.0 Å². The summed E-state index contributed by atoms with van der Waals surface area (Å²) in [5.74, 6) is 0. The number of benzene rings is 9. The highest BCUT2D eigenvalue weighted by molar-refractivity contribution is 7.91. The quantitative estimate of drug-likeness (QED) is 0.0728. The summed E-state index contributed by atoms with van der Waals surface area (Å²) in [5.41, 5.74) is 0.552. The molecule has 0 saturated carbocycles. The van der Waals surface area contributed by atoms with E-state index in [1.807, 2.05) is 48.5 Å². The topological polar surface area (TPSA) is 270 Å². The van der Waals surface area contributed by atoms with E-state index in [9.17, 15) is 51.9 Å². The zero-order valence-corrected chi connectivity index (χ0v) is 33.9. The van der Waals surface area contributed by atoms with E-state index < -0.39 is 76.2 Å². The van der Waals surface area contributed by atoms with Gasteiger partial charge in [-0.3, -0.25) is 18.2 Å². The van der Waals surface area contributed by atoms with Crippen LogP contribution < -0.4 is 0 Å². The maximum absolute atomic E-state index is 12.9. The number of hydrogen-bond donors (Lipinski definition) is 4. The lowest BCUT2D eigenvalue weighted by molar-refractivity contribution is 0.458. The summed E-state index contributed by atoms with van der Waals surface area (Å²) in [7, 11) is -23.5. The summed E-state index contributed by atoms with van der Waals surface area (Å²) < 4.78 is 157. The van der Waals surface area contributed by atoms with Gasteiger partial charge in [0.05, 0.1) is 0 Å². The monoisotopic (exact) mass is 922 g/mol. The third-order valence-electron chi connectivity index (χ3n) is 10.7. The summed E-state index contributed by atoms with van der Waals surface area (Å²) in [4.78, 5) is 2.55. The van der Waals surface area contributed by atoms with E-state index in [1.165, 1.54) is 12.1 Å². The molecule has 11 rings (SSSR count). The van der Waals surface area contributed by atoms with Crippen LogP contribution in [0, 0.1) is 0 Å². The second kappa shape index (κ2) is 11.6. The van der Waals surface area contributed by atoms with E-state index in [0.717, 1.165) is 38.4 Å². The van der Waals surface area contributed by atoms with Gasteiger partial charge in [-0.15, -0.1) is 0 Å². The molecule has 0 aliphatic rings. The number of rotatable bonds is 4. The third kappa shape index (κ3) is 4.96. The number of hydrogen-bond acceptors (Lipinski definition) is 12. The van der Waals surface area contributed by atoms with Gasteiger partial charge in [0.25, 0.3) is 40.5 Å². The Morgan fingerprint density at radius 1 is 0.433 bits per heavy atom. The lowest BCUT2D eigenvalue weighted by atomic mass is 9.93. The van der Waals surface area contributed by atoms with Gasteiger partial charge in [-0.1, -0.05) is 77.8 Å². The van der Waals surface area contributed by atoms with E-state index in [0.29, 0.717) is 17.2 Å². The maximum Gasteiger partial charge on any atom is 0.297 e. The van der Waals surface area contributed by atoms with Crippen molar-refractivity contribution in [3.8, 4) is 0 Å². The highest BCUT2D eigenvalue weighted by Gasteiger charge is 2.40. The summed E-state index contributed by atoms with van der Waals surface area (Å²) in [5, 5.41) is 2.28. The molecule has 0 bridgehead atoms. The summed E-state index contributed by atoms with van der Waals surface area (Å²) in [6, 6.07) is 19.6. The first-order chi connectivity index (χ1) is 28.1. The van der Waals surface area contributed by atoms with Gasteiger partial charge < -0.3 is 8.83 Å². The highest BCUT2D eigenvalue weighted by Crippen LogP contribution is 2.50. The predicted octanol–water partition coefficient (Wildman–Crippen LogP) is 8.93. The first-order valence-corrected chi connectivity index (χ1v) is 23.4. The molecule has 0 saturated heterocycles. The van der Waals surface area contributed by atoms with E-state index in [-0.39, 0.29) is 59.5 Å². The summed E-state index contributed by atoms with van der Waals surface area (Å²) in [6.45, 7) is 0. The van der Waals surface area contributed by atoms with Crippen molar-refractivity contribution < 1.29 is 60.7 Å². The molecule has 9 aromatic carbocycles. The molecule has 2 aromatic heterocycles. The second-order valence-corrected chi connectivity index (χ2v) is 20.2. The Kier molecular flexibility index (Phi) is 7.27. The Morgan fingerprint density at radius 2 is 0.900 bits per heavy atom. The van der Waals surface area contributed by atoms with Crippen LogP contribution in [0.3, 0.4) is 0 Å². The van der Waals surface area contributed by atoms with Crippen molar-refractivity contribution in [2.45, 2.75) is 19.6 Å². The molecule has 16 nitrogen and oxygen atoms in total. The Balaban J connectivity index is 1.31. The van der Waals surface area contributed by atoms with Crippen LogP contribution >= 0.6 is 23.2 Å². The molecule has 4 N–H and O–H groups in total. The summed E-state index contributed by atoms with van der Waals surface area (Å²) in [6.07, 6.45) is 0. The lowest BCUT2D eigenvalue weighted by Gasteiger charge is -2.20. The van der Waals surface area contributed by atoms with E-state index in [1.54, 1.807) is 0 Å². The lowest BCUT2D eigenvalue weighted by Crippen LogP contribution is -2.17. The van der Waals surface area contributed by atoms with Gasteiger partial charge in [-0.25, -0.2) is 9.97 Å². The Morgan fingerprint density at radius 3 is 1.43 bits per heavy atom. The van der Waals surface area contributed by atoms with E-state index in [4.69, 9.17) is 42.0 Å². The van der Waals surface area contributed by atoms with Crippen molar-refractivity contribution in [1.82, 2.24) is 9.97 Å². The number of halogens is 2. The largest absolute Gasteiger partial charge is 0.451 e. The molecular weight excluding hydrogens is 908 g/mol. The SMILES string of the molecule is O=S(=O)(O)c1c(S(=O)(=O)O)c2ccc3c4nc5c(Cl)c6oc7cc8ccc9cccc%10ccc(c7nc6c(Cl)c5oc4cc4cc(S(=O)(=O)O)c(c1S(=O)(=O)O)c2c43)c8c9%10. The average molecular weight is 924 g/mol. The summed E-state index contributed by atoms with van der Waals surface area (Å²) >= 11 is 14.0. The van der Waals surface area contributed by atoms with Gasteiger partial charge in [-0.05, 0) is 55.9 Å². The van der Waals surface area contributed by atoms with Crippen LogP contribution in [-0.2, 0) is 40.5 Å². The van der Waals surface area contributed by atoms with Gasteiger partial charge in [0.2, 0.25) is 0 Å². The van der Waals surface area contributed by atoms with E-state index >= 15 is 0 Å².